The molecule has 0 saturated heterocycles. The quantitative estimate of drug-likeness (QED) is 0.703. The summed E-state index contributed by atoms with van der Waals surface area (Å²) in [5.74, 6) is -0.223. The van der Waals surface area contributed by atoms with Gasteiger partial charge in [0.1, 0.15) is 9.84 Å². The first-order valence-electron chi connectivity index (χ1n) is 4.84. The highest BCUT2D eigenvalue weighted by Crippen LogP contribution is 1.97. The van der Waals surface area contributed by atoms with Crippen molar-refractivity contribution in [3.05, 3.63) is 0 Å². The van der Waals surface area contributed by atoms with Gasteiger partial charge < -0.3 is 0 Å². The number of hydrogen-bond donors (Lipinski definition) is 1. The van der Waals surface area contributed by atoms with Gasteiger partial charge >= 0.3 is 0 Å². The van der Waals surface area contributed by atoms with Crippen LogP contribution in [0.25, 0.3) is 0 Å². The van der Waals surface area contributed by atoms with Crippen LogP contribution in [0.5, 0.6) is 0 Å². The minimum absolute atomic E-state index is 0.0889. The molecule has 0 aromatic rings. The Morgan fingerprint density at radius 1 is 1.13 bits per heavy atom. The number of nitrogens with one attached hydrogen (secondary N) is 1. The smallest absolute Gasteiger partial charge is 0.211 e. The van der Waals surface area contributed by atoms with E-state index in [0.717, 1.165) is 6.26 Å². The van der Waals surface area contributed by atoms with E-state index in [9.17, 15) is 16.8 Å². The molecule has 0 rings (SSSR count). The van der Waals surface area contributed by atoms with Crippen LogP contribution in [0.3, 0.4) is 0 Å². The number of hydrogen-bond acceptors (Lipinski definition) is 4. The Hall–Kier alpha value is -0.140. The van der Waals surface area contributed by atoms with Crippen LogP contribution in [0.2, 0.25) is 0 Å². The normalized spacial score (nSPS) is 15.1. The average molecular weight is 257 g/mol. The zero-order valence-corrected chi connectivity index (χ0v) is 11.0. The van der Waals surface area contributed by atoms with Gasteiger partial charge in [-0.1, -0.05) is 6.92 Å². The fourth-order valence-electron chi connectivity index (χ4n) is 0.960. The summed E-state index contributed by atoms with van der Waals surface area (Å²) in [4.78, 5) is 0. The van der Waals surface area contributed by atoms with Gasteiger partial charge in [-0.15, -0.1) is 0 Å². The highest BCUT2D eigenvalue weighted by molar-refractivity contribution is 7.91. The molecule has 1 atom stereocenters. The minimum atomic E-state index is -3.33. The predicted octanol–water partition coefficient (Wildman–Crippen LogP) is 0.139. The lowest BCUT2D eigenvalue weighted by atomic mass is 10.3. The minimum Gasteiger partial charge on any atom is -0.229 e. The van der Waals surface area contributed by atoms with Gasteiger partial charge in [-0.2, -0.15) is 0 Å². The van der Waals surface area contributed by atoms with Gasteiger partial charge in [0.25, 0.3) is 0 Å². The van der Waals surface area contributed by atoms with Gasteiger partial charge in [-0.05, 0) is 19.8 Å². The molecule has 0 bridgehead atoms. The molecule has 0 saturated carbocycles. The van der Waals surface area contributed by atoms with Crippen molar-refractivity contribution in [2.75, 3.05) is 17.8 Å². The number of sulfone groups is 1. The van der Waals surface area contributed by atoms with Crippen LogP contribution in [0.15, 0.2) is 0 Å². The Morgan fingerprint density at radius 3 is 2.07 bits per heavy atom. The van der Waals surface area contributed by atoms with E-state index in [0.29, 0.717) is 6.42 Å². The highest BCUT2D eigenvalue weighted by Gasteiger charge is 2.14. The summed E-state index contributed by atoms with van der Waals surface area (Å²) < 4.78 is 46.8. The zero-order valence-electron chi connectivity index (χ0n) is 9.36. The van der Waals surface area contributed by atoms with Crippen LogP contribution in [0, 0.1) is 0 Å². The first-order valence-corrected chi connectivity index (χ1v) is 8.55. The summed E-state index contributed by atoms with van der Waals surface area (Å²) in [6.45, 7) is 3.65. The van der Waals surface area contributed by atoms with Crippen molar-refractivity contribution in [1.29, 1.82) is 0 Å². The van der Waals surface area contributed by atoms with Crippen molar-refractivity contribution in [2.45, 2.75) is 32.7 Å². The van der Waals surface area contributed by atoms with Gasteiger partial charge in [0.05, 0.1) is 11.5 Å². The summed E-state index contributed by atoms with van der Waals surface area (Å²) in [7, 11) is -6.40. The second-order valence-corrected chi connectivity index (χ2v) is 7.86. The first-order chi connectivity index (χ1) is 6.66. The van der Waals surface area contributed by atoms with Crippen molar-refractivity contribution in [3.63, 3.8) is 0 Å². The molecule has 7 heteroatoms. The van der Waals surface area contributed by atoms with Crippen molar-refractivity contribution in [3.8, 4) is 0 Å². The molecule has 0 aliphatic rings. The Balaban J connectivity index is 4.07. The van der Waals surface area contributed by atoms with Crippen molar-refractivity contribution in [1.82, 2.24) is 4.72 Å². The number of rotatable bonds is 7. The molecule has 0 fully saturated rings. The van der Waals surface area contributed by atoms with E-state index in [4.69, 9.17) is 0 Å². The maximum Gasteiger partial charge on any atom is 0.211 e. The third kappa shape index (κ3) is 8.83. The molecular formula is C8H19NO4S2. The van der Waals surface area contributed by atoms with Crippen LogP contribution >= 0.6 is 0 Å². The highest BCUT2D eigenvalue weighted by atomic mass is 32.2. The van der Waals surface area contributed by atoms with E-state index >= 15 is 0 Å². The second kappa shape index (κ2) is 5.81. The van der Waals surface area contributed by atoms with E-state index in [-0.39, 0.29) is 24.0 Å². The summed E-state index contributed by atoms with van der Waals surface area (Å²) in [6, 6.07) is -0.103. The molecule has 15 heavy (non-hydrogen) atoms. The second-order valence-electron chi connectivity index (χ2n) is 3.73. The van der Waals surface area contributed by atoms with E-state index < -0.39 is 19.9 Å². The molecule has 0 aromatic carbocycles. The average Bonchev–Trinajstić information content (AvgIpc) is 2.00. The number of sulfonamides is 1. The monoisotopic (exact) mass is 257 g/mol. The van der Waals surface area contributed by atoms with Crippen LogP contribution < -0.4 is 4.72 Å². The maximum absolute atomic E-state index is 11.4. The van der Waals surface area contributed by atoms with Gasteiger partial charge in [0, 0.05) is 12.3 Å². The Morgan fingerprint density at radius 2 is 1.67 bits per heavy atom. The SMILES string of the molecule is CCC(C)NS(=O)(=O)CCCS(C)(=O)=O. The van der Waals surface area contributed by atoms with Crippen molar-refractivity contribution in [2.24, 2.45) is 0 Å². The lowest BCUT2D eigenvalue weighted by Crippen LogP contribution is -2.34. The van der Waals surface area contributed by atoms with Gasteiger partial charge in [0.2, 0.25) is 10.0 Å². The molecule has 0 aromatic heterocycles. The predicted molar refractivity (Wildman–Crippen MR) is 61.0 cm³/mol. The molecule has 0 aliphatic carbocycles. The zero-order chi connectivity index (χ0) is 12.1. The first kappa shape index (κ1) is 14.9. The van der Waals surface area contributed by atoms with E-state index in [2.05, 4.69) is 4.72 Å². The summed E-state index contributed by atoms with van der Waals surface area (Å²) in [5.41, 5.74) is 0. The lowest BCUT2D eigenvalue weighted by Gasteiger charge is -2.11. The molecule has 0 heterocycles. The lowest BCUT2D eigenvalue weighted by molar-refractivity contribution is 0.554. The van der Waals surface area contributed by atoms with E-state index in [1.165, 1.54) is 0 Å². The van der Waals surface area contributed by atoms with Crippen LogP contribution in [0.1, 0.15) is 26.7 Å². The van der Waals surface area contributed by atoms with Crippen LogP contribution in [-0.2, 0) is 19.9 Å². The van der Waals surface area contributed by atoms with E-state index in [1.54, 1.807) is 6.92 Å². The molecule has 92 valence electrons. The topological polar surface area (TPSA) is 80.3 Å². The Bertz CT molecular complexity index is 371. The summed E-state index contributed by atoms with van der Waals surface area (Å²) in [5, 5.41) is 0. The molecule has 1 unspecified atom stereocenters. The fourth-order valence-corrected chi connectivity index (χ4v) is 3.23. The molecule has 1 N–H and O–H groups in total. The summed E-state index contributed by atoms with van der Waals surface area (Å²) in [6.07, 6.45) is 1.96. The van der Waals surface area contributed by atoms with Crippen molar-refractivity contribution < 1.29 is 16.8 Å². The molecule has 0 aliphatic heterocycles. The fraction of sp³-hybridized carbons (Fsp3) is 1.00. The molecule has 0 amide bonds. The largest absolute Gasteiger partial charge is 0.229 e. The maximum atomic E-state index is 11.4. The summed E-state index contributed by atoms with van der Waals surface area (Å²) >= 11 is 0. The molecule has 5 nitrogen and oxygen atoms in total. The van der Waals surface area contributed by atoms with E-state index in [1.807, 2.05) is 6.92 Å². The Labute approximate surface area is 92.2 Å². The third-order valence-electron chi connectivity index (χ3n) is 1.92. The Kier molecular flexibility index (Phi) is 5.76. The molecule has 0 radical (unpaired) electrons. The van der Waals surface area contributed by atoms with Gasteiger partial charge in [0.15, 0.2) is 0 Å². The third-order valence-corrected chi connectivity index (χ3v) is 4.54. The van der Waals surface area contributed by atoms with Gasteiger partial charge in [-0.25, -0.2) is 21.6 Å². The standard InChI is InChI=1S/C8H19NO4S2/c1-4-8(2)9-15(12,13)7-5-6-14(3,10)11/h8-9H,4-7H2,1-3H3. The molecule has 0 spiro atoms. The van der Waals surface area contributed by atoms with Crippen molar-refractivity contribution >= 4 is 19.9 Å². The van der Waals surface area contributed by atoms with Gasteiger partial charge in [-0.3, -0.25) is 0 Å². The molecular weight excluding hydrogens is 238 g/mol. The van der Waals surface area contributed by atoms with Crippen LogP contribution in [-0.4, -0.2) is 40.6 Å². The van der Waals surface area contributed by atoms with Crippen LogP contribution in [0.4, 0.5) is 0 Å².